The summed E-state index contributed by atoms with van der Waals surface area (Å²) in [6, 6.07) is 1.76. The molecule has 8 nitrogen and oxygen atoms in total. The van der Waals surface area contributed by atoms with Crippen molar-refractivity contribution in [2.24, 2.45) is 0 Å². The highest BCUT2D eigenvalue weighted by molar-refractivity contribution is 5.92. The van der Waals surface area contributed by atoms with Crippen molar-refractivity contribution in [2.75, 3.05) is 32.7 Å². The first-order chi connectivity index (χ1) is 13.1. The van der Waals surface area contributed by atoms with Gasteiger partial charge in [0.05, 0.1) is 12.2 Å². The number of piperazine rings is 1. The van der Waals surface area contributed by atoms with E-state index < -0.39 is 0 Å². The Morgan fingerprint density at radius 3 is 2.67 bits per heavy atom. The highest BCUT2D eigenvalue weighted by Crippen LogP contribution is 2.17. The third-order valence-corrected chi connectivity index (χ3v) is 5.40. The van der Waals surface area contributed by atoms with Crippen LogP contribution in [0.25, 0.3) is 0 Å². The average molecular weight is 371 g/mol. The first kappa shape index (κ1) is 17.9. The van der Waals surface area contributed by atoms with Crippen molar-refractivity contribution in [3.8, 4) is 0 Å². The van der Waals surface area contributed by atoms with Gasteiger partial charge in [-0.2, -0.15) is 5.10 Å². The monoisotopic (exact) mass is 371 g/mol. The Bertz CT molecular complexity index is 880. The van der Waals surface area contributed by atoms with Gasteiger partial charge in [-0.3, -0.25) is 14.5 Å². The number of nitrogens with zero attached hydrogens (tertiary/aromatic N) is 5. The number of hydrogen-bond donors (Lipinski definition) is 0. The summed E-state index contributed by atoms with van der Waals surface area (Å²) >= 11 is 0. The minimum absolute atomic E-state index is 0.00846. The lowest BCUT2D eigenvalue weighted by atomic mass is 9.97. The zero-order valence-electron chi connectivity index (χ0n) is 15.7. The zero-order valence-corrected chi connectivity index (χ0v) is 15.7. The van der Waals surface area contributed by atoms with Gasteiger partial charge in [0.2, 0.25) is 0 Å². The number of amides is 1. The molecule has 0 N–H and O–H groups in total. The molecule has 2 aromatic heterocycles. The van der Waals surface area contributed by atoms with Gasteiger partial charge in [0.15, 0.2) is 11.6 Å². The lowest BCUT2D eigenvalue weighted by molar-refractivity contribution is 0.0625. The van der Waals surface area contributed by atoms with Crippen molar-refractivity contribution < 1.29 is 9.21 Å². The largest absolute Gasteiger partial charge is 0.448 e. The van der Waals surface area contributed by atoms with E-state index in [1.807, 2.05) is 0 Å². The Morgan fingerprint density at radius 2 is 1.93 bits per heavy atom. The summed E-state index contributed by atoms with van der Waals surface area (Å²) in [5, 5.41) is 4.58. The molecule has 0 spiro atoms. The number of aryl methyl sites for hydroxylation is 3. The summed E-state index contributed by atoms with van der Waals surface area (Å²) in [7, 11) is 0. The second-order valence-corrected chi connectivity index (χ2v) is 7.27. The zero-order chi connectivity index (χ0) is 18.8. The third kappa shape index (κ3) is 3.95. The van der Waals surface area contributed by atoms with Crippen LogP contribution >= 0.6 is 0 Å². The molecule has 1 aliphatic heterocycles. The summed E-state index contributed by atoms with van der Waals surface area (Å²) in [5.74, 6) is 0.416. The molecule has 1 amide bonds. The van der Waals surface area contributed by atoms with Crippen molar-refractivity contribution >= 4 is 5.91 Å². The van der Waals surface area contributed by atoms with E-state index in [2.05, 4.69) is 15.0 Å². The van der Waals surface area contributed by atoms with E-state index in [1.54, 1.807) is 22.6 Å². The molecule has 0 bridgehead atoms. The molecule has 4 rings (SSSR count). The van der Waals surface area contributed by atoms with Crippen LogP contribution in [0.2, 0.25) is 0 Å². The molecular formula is C19H25N5O3. The maximum atomic E-state index is 12.4. The van der Waals surface area contributed by atoms with Crippen molar-refractivity contribution in [2.45, 2.75) is 39.2 Å². The standard InChI is InChI=1S/C19H25N5O3/c1-14-20-17(13-27-14)19(26)23-9-6-22(7-10-23)8-11-24-18(25)12-15-4-2-3-5-16(15)21-24/h12-13H,2-11H2,1H3. The Balaban J connectivity index is 1.31. The van der Waals surface area contributed by atoms with E-state index in [4.69, 9.17) is 4.42 Å². The van der Waals surface area contributed by atoms with Crippen LogP contribution in [-0.2, 0) is 19.4 Å². The maximum absolute atomic E-state index is 12.4. The van der Waals surface area contributed by atoms with Gasteiger partial charge >= 0.3 is 0 Å². The number of carbonyl (C=O) groups excluding carboxylic acids is 1. The summed E-state index contributed by atoms with van der Waals surface area (Å²) in [6.45, 7) is 5.93. The molecule has 8 heteroatoms. The summed E-state index contributed by atoms with van der Waals surface area (Å²) < 4.78 is 6.72. The van der Waals surface area contributed by atoms with E-state index in [-0.39, 0.29) is 11.5 Å². The van der Waals surface area contributed by atoms with E-state index >= 15 is 0 Å². The van der Waals surface area contributed by atoms with Crippen molar-refractivity contribution in [3.05, 3.63) is 45.5 Å². The van der Waals surface area contributed by atoms with Crippen LogP contribution in [0.3, 0.4) is 0 Å². The first-order valence-corrected chi connectivity index (χ1v) is 9.64. The molecule has 0 aromatic carbocycles. The molecule has 0 radical (unpaired) electrons. The van der Waals surface area contributed by atoms with Gasteiger partial charge < -0.3 is 9.32 Å². The normalized spacial score (nSPS) is 17.7. The van der Waals surface area contributed by atoms with Crippen molar-refractivity contribution in [1.82, 2.24) is 24.6 Å². The van der Waals surface area contributed by atoms with E-state index in [9.17, 15) is 9.59 Å². The molecule has 1 fully saturated rings. The van der Waals surface area contributed by atoms with Crippen molar-refractivity contribution in [3.63, 3.8) is 0 Å². The summed E-state index contributed by atoms with van der Waals surface area (Å²) in [5.41, 5.74) is 2.56. The number of hydrogen-bond acceptors (Lipinski definition) is 6. The van der Waals surface area contributed by atoms with Crippen LogP contribution in [0.4, 0.5) is 0 Å². The molecule has 0 unspecified atom stereocenters. The highest BCUT2D eigenvalue weighted by Gasteiger charge is 2.24. The molecule has 27 heavy (non-hydrogen) atoms. The SMILES string of the molecule is Cc1nc(C(=O)N2CCN(CCn3nc4c(cc3=O)CCCC4)CC2)co1. The Kier molecular flexibility index (Phi) is 5.07. The number of oxazole rings is 1. The molecule has 2 aliphatic rings. The molecule has 0 saturated carbocycles. The topological polar surface area (TPSA) is 84.5 Å². The Hall–Kier alpha value is -2.48. The molecular weight excluding hydrogens is 346 g/mol. The number of carbonyl (C=O) groups is 1. The van der Waals surface area contributed by atoms with Crippen LogP contribution in [0.5, 0.6) is 0 Å². The third-order valence-electron chi connectivity index (χ3n) is 5.40. The van der Waals surface area contributed by atoms with Gasteiger partial charge in [0.1, 0.15) is 6.26 Å². The van der Waals surface area contributed by atoms with Crippen LogP contribution in [0, 0.1) is 6.92 Å². The molecule has 3 heterocycles. The van der Waals surface area contributed by atoms with Gasteiger partial charge in [0.25, 0.3) is 11.5 Å². The lowest BCUT2D eigenvalue weighted by Gasteiger charge is -2.34. The average Bonchev–Trinajstić information content (AvgIpc) is 3.12. The van der Waals surface area contributed by atoms with Crippen LogP contribution in [0.15, 0.2) is 21.5 Å². The molecule has 144 valence electrons. The summed E-state index contributed by atoms with van der Waals surface area (Å²) in [4.78, 5) is 32.9. The van der Waals surface area contributed by atoms with Crippen molar-refractivity contribution in [1.29, 1.82) is 0 Å². The Morgan fingerprint density at radius 1 is 1.15 bits per heavy atom. The number of fused-ring (bicyclic) bond motifs is 1. The smallest absolute Gasteiger partial charge is 0.275 e. The minimum atomic E-state index is -0.0842. The first-order valence-electron chi connectivity index (χ1n) is 9.64. The van der Waals surface area contributed by atoms with Crippen LogP contribution in [0.1, 0.15) is 40.5 Å². The fourth-order valence-corrected chi connectivity index (χ4v) is 3.80. The van der Waals surface area contributed by atoms with E-state index in [1.165, 1.54) is 6.26 Å². The second kappa shape index (κ2) is 7.64. The lowest BCUT2D eigenvalue weighted by Crippen LogP contribution is -2.49. The predicted octanol–water partition coefficient (Wildman–Crippen LogP) is 0.877. The molecule has 1 aliphatic carbocycles. The fraction of sp³-hybridized carbons (Fsp3) is 0.579. The fourth-order valence-electron chi connectivity index (χ4n) is 3.80. The Labute approximate surface area is 157 Å². The van der Waals surface area contributed by atoms with E-state index in [0.29, 0.717) is 31.2 Å². The minimum Gasteiger partial charge on any atom is -0.448 e. The molecule has 1 saturated heterocycles. The summed E-state index contributed by atoms with van der Waals surface area (Å²) in [6.07, 6.45) is 5.66. The number of rotatable bonds is 4. The van der Waals surface area contributed by atoms with Gasteiger partial charge in [-0.25, -0.2) is 9.67 Å². The second-order valence-electron chi connectivity index (χ2n) is 7.27. The molecule has 0 atom stereocenters. The van der Waals surface area contributed by atoms with E-state index in [0.717, 1.165) is 56.6 Å². The van der Waals surface area contributed by atoms with Gasteiger partial charge in [-0.15, -0.1) is 0 Å². The quantitative estimate of drug-likeness (QED) is 0.793. The van der Waals surface area contributed by atoms with Crippen LogP contribution in [-0.4, -0.2) is 63.2 Å². The van der Waals surface area contributed by atoms with Crippen LogP contribution < -0.4 is 5.56 Å². The number of aromatic nitrogens is 3. The van der Waals surface area contributed by atoms with Gasteiger partial charge in [0, 0.05) is 45.7 Å². The highest BCUT2D eigenvalue weighted by atomic mass is 16.3. The maximum Gasteiger partial charge on any atom is 0.275 e. The molecule has 2 aromatic rings. The van der Waals surface area contributed by atoms with Gasteiger partial charge in [-0.1, -0.05) is 0 Å². The van der Waals surface area contributed by atoms with Gasteiger partial charge in [-0.05, 0) is 31.2 Å². The predicted molar refractivity (Wildman–Crippen MR) is 98.7 cm³/mol.